The molecular formula is C16H17ClO. The number of hydrogen-bond donors (Lipinski definition) is 1. The monoisotopic (exact) mass is 260 g/mol. The number of fused-ring (bicyclic) bond motifs is 3. The van der Waals surface area contributed by atoms with E-state index in [2.05, 4.69) is 36.4 Å². The first-order valence-corrected chi connectivity index (χ1v) is 7.18. The van der Waals surface area contributed by atoms with E-state index in [1.807, 2.05) is 0 Å². The highest BCUT2D eigenvalue weighted by Gasteiger charge is 2.78. The van der Waals surface area contributed by atoms with Crippen molar-refractivity contribution in [1.82, 2.24) is 0 Å². The fourth-order valence-electron chi connectivity index (χ4n) is 4.44. The van der Waals surface area contributed by atoms with Crippen molar-refractivity contribution in [1.29, 1.82) is 0 Å². The Hall–Kier alpha value is -0.790. The van der Waals surface area contributed by atoms with Crippen LogP contribution in [0.5, 0.6) is 0 Å². The molecule has 0 amide bonds. The summed E-state index contributed by atoms with van der Waals surface area (Å²) in [5.41, 5.74) is 2.66. The maximum atomic E-state index is 10.6. The number of aliphatic hydroxyl groups excluding tert-OH is 1. The summed E-state index contributed by atoms with van der Waals surface area (Å²) >= 11 is 6.89. The van der Waals surface area contributed by atoms with Crippen LogP contribution >= 0.6 is 11.6 Å². The standard InChI is InChI=1S/C16H17ClO/c17-16-10-4-3-9-15(16)13(18)8-7-11-5-1-2-6-12(11)14(15)16/h1-6,13-14,18H,7-10H2/t13-,14+,15-,16-/m0/s1. The second-order valence-corrected chi connectivity index (χ2v) is 6.64. The molecule has 1 fully saturated rings. The van der Waals surface area contributed by atoms with Gasteiger partial charge in [0.25, 0.3) is 0 Å². The second kappa shape index (κ2) is 3.40. The highest BCUT2D eigenvalue weighted by atomic mass is 35.5. The fraction of sp³-hybridized carbons (Fsp3) is 0.500. The third kappa shape index (κ3) is 1.08. The number of alkyl halides is 1. The number of allylic oxidation sites excluding steroid dienone is 2. The fourth-order valence-corrected chi connectivity index (χ4v) is 5.10. The van der Waals surface area contributed by atoms with Gasteiger partial charge in [-0.25, -0.2) is 0 Å². The first-order valence-electron chi connectivity index (χ1n) is 6.80. The first-order chi connectivity index (χ1) is 8.70. The molecule has 1 spiro atoms. The van der Waals surface area contributed by atoms with Gasteiger partial charge in [0.15, 0.2) is 0 Å². The molecule has 3 aliphatic carbocycles. The van der Waals surface area contributed by atoms with Crippen molar-refractivity contribution >= 4 is 11.6 Å². The third-order valence-electron chi connectivity index (χ3n) is 5.35. The molecule has 0 heterocycles. The maximum Gasteiger partial charge on any atom is 0.0646 e. The molecule has 0 aromatic heterocycles. The lowest BCUT2D eigenvalue weighted by molar-refractivity contribution is 0.0767. The zero-order valence-electron chi connectivity index (χ0n) is 10.3. The molecule has 0 unspecified atom stereocenters. The van der Waals surface area contributed by atoms with Gasteiger partial charge in [0.05, 0.1) is 11.0 Å². The van der Waals surface area contributed by atoms with E-state index in [-0.39, 0.29) is 16.4 Å². The van der Waals surface area contributed by atoms with Crippen LogP contribution in [0.15, 0.2) is 36.4 Å². The van der Waals surface area contributed by atoms with Gasteiger partial charge in [-0.05, 0) is 36.8 Å². The molecule has 1 aromatic carbocycles. The van der Waals surface area contributed by atoms with E-state index in [9.17, 15) is 5.11 Å². The Labute approximate surface area is 112 Å². The topological polar surface area (TPSA) is 20.2 Å². The molecule has 1 aromatic rings. The Morgan fingerprint density at radius 2 is 1.94 bits per heavy atom. The summed E-state index contributed by atoms with van der Waals surface area (Å²) in [5.74, 6) is 0.329. The van der Waals surface area contributed by atoms with E-state index >= 15 is 0 Å². The Balaban J connectivity index is 1.90. The smallest absolute Gasteiger partial charge is 0.0646 e. The van der Waals surface area contributed by atoms with Crippen molar-refractivity contribution in [2.75, 3.05) is 0 Å². The summed E-state index contributed by atoms with van der Waals surface area (Å²) in [4.78, 5) is -0.238. The van der Waals surface area contributed by atoms with Crippen LogP contribution in [-0.2, 0) is 6.42 Å². The van der Waals surface area contributed by atoms with Gasteiger partial charge < -0.3 is 5.11 Å². The van der Waals surface area contributed by atoms with Gasteiger partial charge >= 0.3 is 0 Å². The molecule has 0 saturated heterocycles. The number of aliphatic hydroxyl groups is 1. The molecule has 1 nitrogen and oxygen atoms in total. The number of aryl methyl sites for hydroxylation is 1. The molecule has 2 heteroatoms. The average Bonchev–Trinajstić information content (AvgIpc) is 2.99. The van der Waals surface area contributed by atoms with Gasteiger partial charge in [0.1, 0.15) is 0 Å². The molecule has 0 bridgehead atoms. The summed E-state index contributed by atoms with van der Waals surface area (Å²) in [6.07, 6.45) is 7.76. The van der Waals surface area contributed by atoms with Crippen LogP contribution in [0, 0.1) is 5.41 Å². The zero-order valence-corrected chi connectivity index (χ0v) is 11.0. The largest absolute Gasteiger partial charge is 0.392 e. The molecular weight excluding hydrogens is 244 g/mol. The maximum absolute atomic E-state index is 10.6. The second-order valence-electron chi connectivity index (χ2n) is 5.97. The Morgan fingerprint density at radius 3 is 2.83 bits per heavy atom. The minimum atomic E-state index is -0.266. The van der Waals surface area contributed by atoms with Gasteiger partial charge in [-0.1, -0.05) is 36.4 Å². The van der Waals surface area contributed by atoms with E-state index in [0.717, 1.165) is 25.7 Å². The molecule has 3 aliphatic rings. The summed E-state index contributed by atoms with van der Waals surface area (Å²) in [7, 11) is 0. The van der Waals surface area contributed by atoms with Crippen LogP contribution in [-0.4, -0.2) is 16.1 Å². The van der Waals surface area contributed by atoms with Crippen LogP contribution in [0.1, 0.15) is 36.3 Å². The van der Waals surface area contributed by atoms with Gasteiger partial charge in [-0.15, -0.1) is 11.6 Å². The van der Waals surface area contributed by atoms with Crippen LogP contribution in [0.4, 0.5) is 0 Å². The van der Waals surface area contributed by atoms with E-state index in [1.54, 1.807) is 0 Å². The van der Waals surface area contributed by atoms with Crippen molar-refractivity contribution in [2.24, 2.45) is 5.41 Å². The zero-order chi connectivity index (χ0) is 12.4. The molecule has 4 rings (SSSR count). The van der Waals surface area contributed by atoms with E-state index in [1.165, 1.54) is 11.1 Å². The number of halogens is 1. The van der Waals surface area contributed by atoms with Crippen LogP contribution in [0.3, 0.4) is 0 Å². The quantitative estimate of drug-likeness (QED) is 0.560. The highest BCUT2D eigenvalue weighted by molar-refractivity contribution is 6.28. The Morgan fingerprint density at radius 1 is 1.17 bits per heavy atom. The number of rotatable bonds is 0. The SMILES string of the molecule is O[C@H]1CCc2ccccc2[C@@H]2[C@]13CC=CC[C@]23Cl. The Bertz CT molecular complexity index is 538. The lowest BCUT2D eigenvalue weighted by Gasteiger charge is -2.27. The van der Waals surface area contributed by atoms with Gasteiger partial charge in [0, 0.05) is 11.3 Å². The lowest BCUT2D eigenvalue weighted by Crippen LogP contribution is -2.30. The van der Waals surface area contributed by atoms with Crippen LogP contribution in [0.25, 0.3) is 0 Å². The normalized spacial score (nSPS) is 44.6. The molecule has 94 valence electrons. The van der Waals surface area contributed by atoms with E-state index in [0.29, 0.717) is 5.92 Å². The van der Waals surface area contributed by atoms with Crippen molar-refractivity contribution < 1.29 is 5.11 Å². The predicted molar refractivity (Wildman–Crippen MR) is 72.9 cm³/mol. The molecule has 4 atom stereocenters. The van der Waals surface area contributed by atoms with Gasteiger partial charge in [-0.2, -0.15) is 0 Å². The molecule has 1 N–H and O–H groups in total. The van der Waals surface area contributed by atoms with E-state index in [4.69, 9.17) is 11.6 Å². The molecule has 18 heavy (non-hydrogen) atoms. The summed E-state index contributed by atoms with van der Waals surface area (Å²) in [5, 5.41) is 10.6. The van der Waals surface area contributed by atoms with Crippen LogP contribution in [0.2, 0.25) is 0 Å². The highest BCUT2D eigenvalue weighted by Crippen LogP contribution is 2.79. The molecule has 0 radical (unpaired) electrons. The van der Waals surface area contributed by atoms with Crippen LogP contribution < -0.4 is 0 Å². The lowest BCUT2D eigenvalue weighted by atomic mass is 9.85. The van der Waals surface area contributed by atoms with Crippen molar-refractivity contribution in [2.45, 2.75) is 42.6 Å². The summed E-state index contributed by atoms with van der Waals surface area (Å²) < 4.78 is 0. The minimum absolute atomic E-state index is 0.101. The summed E-state index contributed by atoms with van der Waals surface area (Å²) in [6.45, 7) is 0. The first kappa shape index (κ1) is 11.1. The third-order valence-corrected chi connectivity index (χ3v) is 6.07. The van der Waals surface area contributed by atoms with Gasteiger partial charge in [-0.3, -0.25) is 0 Å². The van der Waals surface area contributed by atoms with Crippen molar-refractivity contribution in [3.63, 3.8) is 0 Å². The minimum Gasteiger partial charge on any atom is -0.392 e. The molecule has 0 aliphatic heterocycles. The van der Waals surface area contributed by atoms with Crippen molar-refractivity contribution in [3.05, 3.63) is 47.5 Å². The predicted octanol–water partition coefficient (Wildman–Crippen LogP) is 3.40. The average molecular weight is 261 g/mol. The number of hydrogen-bond acceptors (Lipinski definition) is 1. The number of benzene rings is 1. The van der Waals surface area contributed by atoms with Crippen molar-refractivity contribution in [3.8, 4) is 0 Å². The van der Waals surface area contributed by atoms with E-state index < -0.39 is 0 Å². The molecule has 1 saturated carbocycles. The van der Waals surface area contributed by atoms with Gasteiger partial charge in [0.2, 0.25) is 0 Å². The Kier molecular flexibility index (Phi) is 2.09. The summed E-state index contributed by atoms with van der Waals surface area (Å²) in [6, 6.07) is 8.60.